The van der Waals surface area contributed by atoms with Crippen molar-refractivity contribution in [3.8, 4) is 17.3 Å². The van der Waals surface area contributed by atoms with Crippen LogP contribution in [0, 0.1) is 11.3 Å². The summed E-state index contributed by atoms with van der Waals surface area (Å²) in [5, 5.41) is 25.1. The van der Waals surface area contributed by atoms with Gasteiger partial charge in [0.05, 0.1) is 35.0 Å². The molecule has 0 bridgehead atoms. The number of H-pyrrole nitrogens is 1. The maximum Gasteiger partial charge on any atom is 0.133 e. The topological polar surface area (TPSA) is 90.5 Å². The van der Waals surface area contributed by atoms with Gasteiger partial charge >= 0.3 is 0 Å². The van der Waals surface area contributed by atoms with E-state index in [2.05, 4.69) is 44.9 Å². The molecule has 1 aliphatic carbocycles. The lowest BCUT2D eigenvalue weighted by Gasteiger charge is -2.27. The van der Waals surface area contributed by atoms with Gasteiger partial charge in [0.2, 0.25) is 0 Å². The normalized spacial score (nSPS) is 16.0. The molecule has 4 aromatic rings. The van der Waals surface area contributed by atoms with E-state index in [1.165, 1.54) is 11.1 Å². The van der Waals surface area contributed by atoms with Crippen LogP contribution in [-0.2, 0) is 6.42 Å². The van der Waals surface area contributed by atoms with Crippen molar-refractivity contribution in [2.75, 3.05) is 5.32 Å². The van der Waals surface area contributed by atoms with Crippen LogP contribution in [0.3, 0.4) is 0 Å². The number of nitrogens with one attached hydrogen (secondary N) is 2. The lowest BCUT2D eigenvalue weighted by molar-refractivity contribution is 0.420. The summed E-state index contributed by atoms with van der Waals surface area (Å²) < 4.78 is 4.95. The van der Waals surface area contributed by atoms with Crippen LogP contribution in [0.4, 0.5) is 5.69 Å². The minimum atomic E-state index is 0.241. The van der Waals surface area contributed by atoms with Gasteiger partial charge in [-0.3, -0.25) is 5.10 Å². The van der Waals surface area contributed by atoms with Crippen LogP contribution in [0.2, 0.25) is 0 Å². The lowest BCUT2D eigenvalue weighted by Crippen LogP contribution is -2.17. The molecule has 5 rings (SSSR count). The average molecular weight is 355 g/mol. The van der Waals surface area contributed by atoms with Crippen molar-refractivity contribution in [3.63, 3.8) is 0 Å². The Hall–Kier alpha value is -3.59. The zero-order chi connectivity index (χ0) is 18.2. The van der Waals surface area contributed by atoms with Crippen molar-refractivity contribution >= 4 is 16.6 Å². The Morgan fingerprint density at radius 1 is 1.22 bits per heavy atom. The number of fused-ring (bicyclic) bond motifs is 2. The molecule has 0 saturated carbocycles. The van der Waals surface area contributed by atoms with E-state index in [0.717, 1.165) is 52.7 Å². The van der Waals surface area contributed by atoms with Gasteiger partial charge in [0.1, 0.15) is 12.0 Å². The van der Waals surface area contributed by atoms with Gasteiger partial charge in [-0.15, -0.1) is 0 Å². The van der Waals surface area contributed by atoms with Crippen LogP contribution in [-0.4, -0.2) is 15.4 Å². The third-order valence-corrected chi connectivity index (χ3v) is 5.20. The average Bonchev–Trinajstić information content (AvgIpc) is 3.37. The van der Waals surface area contributed by atoms with E-state index < -0.39 is 0 Å². The molecular weight excluding hydrogens is 338 g/mol. The summed E-state index contributed by atoms with van der Waals surface area (Å²) in [5.41, 5.74) is 6.98. The Labute approximate surface area is 155 Å². The molecule has 2 heterocycles. The quantitative estimate of drug-likeness (QED) is 0.561. The summed E-state index contributed by atoms with van der Waals surface area (Å²) in [7, 11) is 0. The summed E-state index contributed by atoms with van der Waals surface area (Å²) in [5.74, 6) is 0. The van der Waals surface area contributed by atoms with Crippen LogP contribution < -0.4 is 5.32 Å². The highest BCUT2D eigenvalue weighted by atomic mass is 16.5. The molecule has 2 N–H and O–H groups in total. The number of aromatic amines is 1. The fourth-order valence-corrected chi connectivity index (χ4v) is 3.88. The van der Waals surface area contributed by atoms with Crippen molar-refractivity contribution < 1.29 is 4.52 Å². The molecule has 1 atom stereocenters. The minimum Gasteiger partial charge on any atom is -0.378 e. The van der Waals surface area contributed by atoms with Crippen molar-refractivity contribution in [1.29, 1.82) is 5.26 Å². The van der Waals surface area contributed by atoms with Gasteiger partial charge < -0.3 is 9.84 Å². The molecule has 0 spiro atoms. The summed E-state index contributed by atoms with van der Waals surface area (Å²) in [6, 6.07) is 14.7. The van der Waals surface area contributed by atoms with Gasteiger partial charge in [0.15, 0.2) is 0 Å². The van der Waals surface area contributed by atoms with Crippen LogP contribution in [0.5, 0.6) is 0 Å². The van der Waals surface area contributed by atoms with Crippen LogP contribution in [0.25, 0.3) is 22.2 Å². The number of hydrogen-bond acceptors (Lipinski definition) is 5. The molecule has 0 amide bonds. The monoisotopic (exact) mass is 355 g/mol. The zero-order valence-corrected chi connectivity index (χ0v) is 14.6. The van der Waals surface area contributed by atoms with Gasteiger partial charge in [0.25, 0.3) is 0 Å². The minimum absolute atomic E-state index is 0.241. The zero-order valence-electron chi connectivity index (χ0n) is 14.6. The second-order valence-corrected chi connectivity index (χ2v) is 6.86. The molecule has 0 aliphatic heterocycles. The fraction of sp³-hybridized carbons (Fsp3) is 0.190. The number of aryl methyl sites for hydroxylation is 1. The van der Waals surface area contributed by atoms with E-state index in [9.17, 15) is 0 Å². The molecule has 0 saturated heterocycles. The molecule has 0 fully saturated rings. The van der Waals surface area contributed by atoms with E-state index in [1.807, 2.05) is 18.2 Å². The first kappa shape index (κ1) is 15.6. The Bertz CT molecular complexity index is 1150. The van der Waals surface area contributed by atoms with E-state index >= 15 is 0 Å². The Morgan fingerprint density at radius 2 is 2.19 bits per heavy atom. The molecular formula is C21H17N5O. The fourth-order valence-electron chi connectivity index (χ4n) is 3.88. The van der Waals surface area contributed by atoms with Gasteiger partial charge in [-0.25, -0.2) is 0 Å². The van der Waals surface area contributed by atoms with Gasteiger partial charge in [-0.05, 0) is 60.7 Å². The number of benzene rings is 2. The first-order valence-corrected chi connectivity index (χ1v) is 8.99. The largest absolute Gasteiger partial charge is 0.378 e. The second kappa shape index (κ2) is 6.29. The van der Waals surface area contributed by atoms with E-state index in [4.69, 9.17) is 9.78 Å². The Kier molecular flexibility index (Phi) is 3.65. The molecule has 2 aromatic heterocycles. The SMILES string of the molecule is N#Cc1ccc2c(c1)CCC[C@@H]2Nc1ccc2[nH]nc(-c3cnoc3)c2c1. The first-order valence-electron chi connectivity index (χ1n) is 8.99. The van der Waals surface area contributed by atoms with Crippen LogP contribution in [0.15, 0.2) is 53.4 Å². The number of aromatic nitrogens is 3. The molecule has 0 unspecified atom stereocenters. The third kappa shape index (κ3) is 2.74. The van der Waals surface area contributed by atoms with Gasteiger partial charge in [-0.2, -0.15) is 10.4 Å². The number of rotatable bonds is 3. The van der Waals surface area contributed by atoms with Gasteiger partial charge in [-0.1, -0.05) is 11.2 Å². The summed E-state index contributed by atoms with van der Waals surface area (Å²) >= 11 is 0. The molecule has 132 valence electrons. The number of anilines is 1. The highest BCUT2D eigenvalue weighted by molar-refractivity contribution is 5.94. The highest BCUT2D eigenvalue weighted by Crippen LogP contribution is 2.35. The molecule has 6 nitrogen and oxygen atoms in total. The third-order valence-electron chi connectivity index (χ3n) is 5.20. The summed E-state index contributed by atoms with van der Waals surface area (Å²) in [6.45, 7) is 0. The predicted molar refractivity (Wildman–Crippen MR) is 102 cm³/mol. The van der Waals surface area contributed by atoms with Crippen molar-refractivity contribution in [3.05, 3.63) is 65.5 Å². The van der Waals surface area contributed by atoms with E-state index in [-0.39, 0.29) is 6.04 Å². The Balaban J connectivity index is 1.49. The smallest absolute Gasteiger partial charge is 0.133 e. The molecule has 0 radical (unpaired) electrons. The highest BCUT2D eigenvalue weighted by Gasteiger charge is 2.21. The molecule has 2 aromatic carbocycles. The summed E-state index contributed by atoms with van der Waals surface area (Å²) in [4.78, 5) is 0. The van der Waals surface area contributed by atoms with Crippen LogP contribution >= 0.6 is 0 Å². The molecule has 1 aliphatic rings. The molecule has 6 heteroatoms. The predicted octanol–water partition coefficient (Wildman–Crippen LogP) is 4.58. The first-order chi connectivity index (χ1) is 13.3. The maximum absolute atomic E-state index is 9.14. The Morgan fingerprint density at radius 3 is 3.04 bits per heavy atom. The van der Waals surface area contributed by atoms with Crippen LogP contribution in [0.1, 0.15) is 35.6 Å². The number of hydrogen-bond donors (Lipinski definition) is 2. The number of nitrogens with zero attached hydrogens (tertiary/aromatic N) is 3. The standard InChI is InChI=1S/C21H17N5O/c22-10-13-4-6-17-14(8-13)2-1-3-19(17)24-16-5-7-20-18(9-16)21(26-25-20)15-11-23-27-12-15/h4-9,11-12,19,24H,1-3H2,(H,25,26)/t19-/m0/s1. The van der Waals surface area contributed by atoms with Crippen molar-refractivity contribution in [2.24, 2.45) is 0 Å². The van der Waals surface area contributed by atoms with Gasteiger partial charge in [0, 0.05) is 11.1 Å². The summed E-state index contributed by atoms with van der Waals surface area (Å²) in [6.07, 6.45) is 6.47. The van der Waals surface area contributed by atoms with E-state index in [0.29, 0.717) is 0 Å². The van der Waals surface area contributed by atoms with Crippen molar-refractivity contribution in [1.82, 2.24) is 15.4 Å². The molecule has 27 heavy (non-hydrogen) atoms. The second-order valence-electron chi connectivity index (χ2n) is 6.86. The van der Waals surface area contributed by atoms with Crippen molar-refractivity contribution in [2.45, 2.75) is 25.3 Å². The maximum atomic E-state index is 9.14. The number of nitriles is 1. The lowest BCUT2D eigenvalue weighted by atomic mass is 9.86. The van der Waals surface area contributed by atoms with E-state index in [1.54, 1.807) is 12.5 Å².